The number of nitrogens with zero attached hydrogens (tertiary/aromatic N) is 2. The standard InChI is InChI=1S/C19H16FN3O3S/c20-13-4-1-5-15(10-13)26-17-11-21-18(27-17)22-19(25)23-8-2-3-12-9-14(24)6-7-16(12)23/h1,4-7,9-11,24H,2-3,8H2,(H,21,22,25). The highest BCUT2D eigenvalue weighted by Crippen LogP contribution is 2.33. The Morgan fingerprint density at radius 1 is 1.30 bits per heavy atom. The molecule has 0 bridgehead atoms. The van der Waals surface area contributed by atoms with Crippen LogP contribution in [0.25, 0.3) is 0 Å². The second kappa shape index (κ2) is 7.24. The molecular weight excluding hydrogens is 369 g/mol. The Hall–Kier alpha value is -3.13. The molecule has 0 atom stereocenters. The van der Waals surface area contributed by atoms with Crippen molar-refractivity contribution in [1.29, 1.82) is 0 Å². The molecule has 3 aromatic rings. The van der Waals surface area contributed by atoms with Crippen LogP contribution in [0.3, 0.4) is 0 Å². The quantitative estimate of drug-likeness (QED) is 0.681. The summed E-state index contributed by atoms with van der Waals surface area (Å²) in [5, 5.41) is 13.2. The van der Waals surface area contributed by atoms with Gasteiger partial charge in [0.1, 0.15) is 17.3 Å². The van der Waals surface area contributed by atoms with E-state index in [-0.39, 0.29) is 17.6 Å². The van der Waals surface area contributed by atoms with Crippen molar-refractivity contribution in [3.63, 3.8) is 0 Å². The van der Waals surface area contributed by atoms with E-state index in [4.69, 9.17) is 4.74 Å². The van der Waals surface area contributed by atoms with Gasteiger partial charge in [0.2, 0.25) is 5.06 Å². The fourth-order valence-electron chi connectivity index (χ4n) is 2.96. The number of carbonyl (C=O) groups excluding carboxylic acids is 1. The molecule has 4 rings (SSSR count). The van der Waals surface area contributed by atoms with E-state index in [1.54, 1.807) is 35.2 Å². The molecule has 2 amide bonds. The Morgan fingerprint density at radius 3 is 3.04 bits per heavy atom. The number of urea groups is 1. The van der Waals surface area contributed by atoms with Gasteiger partial charge < -0.3 is 9.84 Å². The maximum atomic E-state index is 13.2. The number of thiazole rings is 1. The first-order chi connectivity index (χ1) is 13.1. The first-order valence-electron chi connectivity index (χ1n) is 8.38. The second-order valence-corrected chi connectivity index (χ2v) is 7.04. The Labute approximate surface area is 158 Å². The van der Waals surface area contributed by atoms with E-state index in [1.165, 1.54) is 18.3 Å². The summed E-state index contributed by atoms with van der Waals surface area (Å²) in [6.07, 6.45) is 3.11. The molecular formula is C19H16FN3O3S. The lowest BCUT2D eigenvalue weighted by Crippen LogP contribution is -2.38. The molecule has 0 saturated carbocycles. The molecule has 27 heavy (non-hydrogen) atoms. The van der Waals surface area contributed by atoms with E-state index in [1.807, 2.05) is 0 Å². The Morgan fingerprint density at radius 2 is 2.19 bits per heavy atom. The normalized spacial score (nSPS) is 13.1. The summed E-state index contributed by atoms with van der Waals surface area (Å²) in [6, 6.07) is 10.5. The molecule has 0 aliphatic carbocycles. The molecule has 6 nitrogen and oxygen atoms in total. The number of halogens is 1. The predicted octanol–water partition coefficient (Wildman–Crippen LogP) is 4.76. The number of amides is 2. The van der Waals surface area contributed by atoms with E-state index in [9.17, 15) is 14.3 Å². The first kappa shape index (κ1) is 17.3. The predicted molar refractivity (Wildman–Crippen MR) is 101 cm³/mol. The number of aryl methyl sites for hydroxylation is 1. The van der Waals surface area contributed by atoms with Gasteiger partial charge in [0.05, 0.1) is 6.20 Å². The van der Waals surface area contributed by atoms with Crippen molar-refractivity contribution in [3.8, 4) is 16.6 Å². The van der Waals surface area contributed by atoms with Gasteiger partial charge in [0, 0.05) is 18.3 Å². The summed E-state index contributed by atoms with van der Waals surface area (Å²) in [5.41, 5.74) is 1.72. The number of rotatable bonds is 3. The molecule has 2 N–H and O–H groups in total. The number of hydrogen-bond donors (Lipinski definition) is 2. The highest BCUT2D eigenvalue weighted by Gasteiger charge is 2.23. The summed E-state index contributed by atoms with van der Waals surface area (Å²) in [6.45, 7) is 0.585. The molecule has 1 aromatic heterocycles. The van der Waals surface area contributed by atoms with Gasteiger partial charge >= 0.3 is 6.03 Å². The molecule has 138 valence electrons. The van der Waals surface area contributed by atoms with Crippen molar-refractivity contribution in [1.82, 2.24) is 4.98 Å². The van der Waals surface area contributed by atoms with Crippen LogP contribution in [-0.2, 0) is 6.42 Å². The smallest absolute Gasteiger partial charge is 0.328 e. The van der Waals surface area contributed by atoms with Gasteiger partial charge in [-0.2, -0.15) is 0 Å². The number of fused-ring (bicyclic) bond motifs is 1. The van der Waals surface area contributed by atoms with Gasteiger partial charge in [0.25, 0.3) is 0 Å². The van der Waals surface area contributed by atoms with Crippen molar-refractivity contribution in [2.24, 2.45) is 0 Å². The maximum absolute atomic E-state index is 13.2. The summed E-state index contributed by atoms with van der Waals surface area (Å²) < 4.78 is 18.8. The van der Waals surface area contributed by atoms with Crippen LogP contribution in [0.5, 0.6) is 16.6 Å². The second-order valence-electron chi connectivity index (χ2n) is 6.04. The highest BCUT2D eigenvalue weighted by molar-refractivity contribution is 7.17. The lowest BCUT2D eigenvalue weighted by Gasteiger charge is -2.29. The SMILES string of the molecule is O=C(Nc1ncc(Oc2cccc(F)c2)s1)N1CCCc2cc(O)ccc21. The van der Waals surface area contributed by atoms with E-state index < -0.39 is 0 Å². The average Bonchev–Trinajstić information content (AvgIpc) is 3.07. The monoisotopic (exact) mass is 385 g/mol. The number of nitrogens with one attached hydrogen (secondary N) is 1. The Kier molecular flexibility index (Phi) is 4.64. The molecule has 1 aliphatic rings. The van der Waals surface area contributed by atoms with Crippen LogP contribution in [0.1, 0.15) is 12.0 Å². The van der Waals surface area contributed by atoms with Crippen molar-refractivity contribution in [2.45, 2.75) is 12.8 Å². The van der Waals surface area contributed by atoms with Gasteiger partial charge in [-0.3, -0.25) is 10.2 Å². The lowest BCUT2D eigenvalue weighted by atomic mass is 10.0. The zero-order valence-corrected chi connectivity index (χ0v) is 15.0. The van der Waals surface area contributed by atoms with E-state index in [0.717, 1.165) is 35.4 Å². The third kappa shape index (κ3) is 3.85. The number of phenols is 1. The number of anilines is 2. The van der Waals surface area contributed by atoms with Gasteiger partial charge in [-0.25, -0.2) is 14.2 Å². The van der Waals surface area contributed by atoms with Crippen LogP contribution >= 0.6 is 11.3 Å². The first-order valence-corrected chi connectivity index (χ1v) is 9.20. The summed E-state index contributed by atoms with van der Waals surface area (Å²) in [5.74, 6) is 0.164. The minimum Gasteiger partial charge on any atom is -0.508 e. The molecule has 2 aromatic carbocycles. The van der Waals surface area contributed by atoms with Crippen LogP contribution in [0.4, 0.5) is 20.0 Å². The molecule has 8 heteroatoms. The number of carbonyl (C=O) groups is 1. The van der Waals surface area contributed by atoms with Crippen LogP contribution in [0, 0.1) is 5.82 Å². The number of phenolic OH excluding ortho intramolecular Hbond substituents is 1. The zero-order valence-electron chi connectivity index (χ0n) is 14.2. The topological polar surface area (TPSA) is 74.7 Å². The van der Waals surface area contributed by atoms with E-state index >= 15 is 0 Å². The van der Waals surface area contributed by atoms with Crippen molar-refractivity contribution >= 4 is 28.2 Å². The summed E-state index contributed by atoms with van der Waals surface area (Å²) in [7, 11) is 0. The number of aromatic hydroxyl groups is 1. The third-order valence-electron chi connectivity index (χ3n) is 4.14. The number of ether oxygens (including phenoxy) is 1. The maximum Gasteiger partial charge on any atom is 0.328 e. The molecule has 2 heterocycles. The van der Waals surface area contributed by atoms with Crippen LogP contribution in [-0.4, -0.2) is 22.7 Å². The average molecular weight is 385 g/mol. The molecule has 1 aliphatic heterocycles. The molecule has 0 saturated heterocycles. The summed E-state index contributed by atoms with van der Waals surface area (Å²) in [4.78, 5) is 18.4. The van der Waals surface area contributed by atoms with Gasteiger partial charge in [0.15, 0.2) is 5.13 Å². The van der Waals surface area contributed by atoms with Gasteiger partial charge in [-0.15, -0.1) is 0 Å². The molecule has 0 spiro atoms. The summed E-state index contributed by atoms with van der Waals surface area (Å²) >= 11 is 1.16. The van der Waals surface area contributed by atoms with E-state index in [0.29, 0.717) is 22.5 Å². The fraction of sp³-hybridized carbons (Fsp3) is 0.158. The van der Waals surface area contributed by atoms with Crippen molar-refractivity contribution < 1.29 is 19.0 Å². The van der Waals surface area contributed by atoms with Crippen LogP contribution in [0.15, 0.2) is 48.7 Å². The molecule has 0 radical (unpaired) electrons. The highest BCUT2D eigenvalue weighted by atomic mass is 32.1. The number of benzene rings is 2. The minimum absolute atomic E-state index is 0.190. The largest absolute Gasteiger partial charge is 0.508 e. The van der Waals surface area contributed by atoms with Crippen molar-refractivity contribution in [2.75, 3.05) is 16.8 Å². The lowest BCUT2D eigenvalue weighted by molar-refractivity contribution is 0.256. The number of hydrogen-bond acceptors (Lipinski definition) is 5. The third-order valence-corrected chi connectivity index (χ3v) is 4.93. The van der Waals surface area contributed by atoms with Gasteiger partial charge in [-0.1, -0.05) is 17.4 Å². The fourth-order valence-corrected chi connectivity index (χ4v) is 3.64. The molecule has 0 fully saturated rings. The van der Waals surface area contributed by atoms with Crippen LogP contribution < -0.4 is 15.0 Å². The van der Waals surface area contributed by atoms with Crippen LogP contribution in [0.2, 0.25) is 0 Å². The zero-order chi connectivity index (χ0) is 18.8. The Bertz CT molecular complexity index is 992. The van der Waals surface area contributed by atoms with Gasteiger partial charge in [-0.05, 0) is 48.7 Å². The minimum atomic E-state index is -0.389. The number of aromatic nitrogens is 1. The Balaban J connectivity index is 1.46. The molecule has 0 unspecified atom stereocenters. The van der Waals surface area contributed by atoms with E-state index in [2.05, 4.69) is 10.3 Å². The van der Waals surface area contributed by atoms with Crippen molar-refractivity contribution in [3.05, 3.63) is 60.0 Å².